The lowest BCUT2D eigenvalue weighted by atomic mass is 9.99. The minimum Gasteiger partial charge on any atom is -0.508 e. The number of methoxy groups -OCH3 is 1. The average molecular weight is 478 g/mol. The van der Waals surface area contributed by atoms with E-state index in [4.69, 9.17) is 18.6 Å². The van der Waals surface area contributed by atoms with Crippen molar-refractivity contribution in [3.8, 4) is 40.1 Å². The van der Waals surface area contributed by atoms with Gasteiger partial charge in [0.05, 0.1) is 13.7 Å². The SMILES string of the molecule is COc1cc(-c2oc3cc(O)cc(O)c3c(=O)c2O[C@@H]2O[C@H](CO)[C@@H](O)[C@H](O)[C@H]2O)ccc1O. The Balaban J connectivity index is 1.92. The molecule has 0 saturated carbocycles. The van der Waals surface area contributed by atoms with Crippen LogP contribution < -0.4 is 14.9 Å². The molecule has 1 aromatic heterocycles. The minimum absolute atomic E-state index is 0.0257. The number of phenolic OH excluding ortho intramolecular Hbond substituents is 3. The largest absolute Gasteiger partial charge is 0.508 e. The second-order valence-electron chi connectivity index (χ2n) is 7.63. The van der Waals surface area contributed by atoms with Gasteiger partial charge in [-0.1, -0.05) is 0 Å². The molecule has 1 aliphatic heterocycles. The Morgan fingerprint density at radius 2 is 1.71 bits per heavy atom. The van der Waals surface area contributed by atoms with E-state index in [-0.39, 0.29) is 39.5 Å². The molecule has 0 spiro atoms. The Labute approximate surface area is 191 Å². The lowest BCUT2D eigenvalue weighted by molar-refractivity contribution is -0.277. The number of ether oxygens (including phenoxy) is 3. The van der Waals surface area contributed by atoms with Crippen LogP contribution in [-0.2, 0) is 4.74 Å². The van der Waals surface area contributed by atoms with Crippen molar-refractivity contribution in [1.29, 1.82) is 0 Å². The van der Waals surface area contributed by atoms with Gasteiger partial charge in [0, 0.05) is 17.7 Å². The first kappa shape index (κ1) is 23.6. The molecule has 1 saturated heterocycles. The van der Waals surface area contributed by atoms with E-state index in [1.807, 2.05) is 0 Å². The molecule has 2 heterocycles. The third-order valence-corrected chi connectivity index (χ3v) is 5.44. The van der Waals surface area contributed by atoms with Gasteiger partial charge in [-0.2, -0.15) is 0 Å². The summed E-state index contributed by atoms with van der Waals surface area (Å²) in [6, 6.07) is 5.96. The zero-order valence-corrected chi connectivity index (χ0v) is 17.7. The maximum Gasteiger partial charge on any atom is 0.239 e. The number of aromatic hydroxyl groups is 3. The quantitative estimate of drug-likeness (QED) is 0.254. The van der Waals surface area contributed by atoms with Crippen molar-refractivity contribution in [3.63, 3.8) is 0 Å². The lowest BCUT2D eigenvalue weighted by Crippen LogP contribution is -2.60. The third-order valence-electron chi connectivity index (χ3n) is 5.44. The second kappa shape index (κ2) is 9.00. The summed E-state index contributed by atoms with van der Waals surface area (Å²) in [5.41, 5.74) is -0.959. The van der Waals surface area contributed by atoms with Gasteiger partial charge in [0.2, 0.25) is 17.5 Å². The molecule has 3 aromatic rings. The molecule has 12 heteroatoms. The highest BCUT2D eigenvalue weighted by Crippen LogP contribution is 2.39. The minimum atomic E-state index is -1.83. The Kier molecular flexibility index (Phi) is 6.25. The topological polar surface area (TPSA) is 200 Å². The van der Waals surface area contributed by atoms with Crippen LogP contribution in [0.5, 0.6) is 28.7 Å². The average Bonchev–Trinajstić information content (AvgIpc) is 2.80. The van der Waals surface area contributed by atoms with E-state index < -0.39 is 54.2 Å². The van der Waals surface area contributed by atoms with Crippen LogP contribution in [0, 0.1) is 0 Å². The van der Waals surface area contributed by atoms with E-state index in [9.17, 15) is 40.5 Å². The van der Waals surface area contributed by atoms with E-state index in [0.717, 1.165) is 12.1 Å². The summed E-state index contributed by atoms with van der Waals surface area (Å²) in [4.78, 5) is 13.3. The molecule has 0 bridgehead atoms. The van der Waals surface area contributed by atoms with Crippen LogP contribution in [0.4, 0.5) is 0 Å². The first-order chi connectivity index (χ1) is 16.2. The number of aliphatic hydroxyl groups is 4. The van der Waals surface area contributed by atoms with E-state index in [1.54, 1.807) is 0 Å². The fourth-order valence-corrected chi connectivity index (χ4v) is 3.67. The monoisotopic (exact) mass is 478 g/mol. The number of benzene rings is 2. The summed E-state index contributed by atoms with van der Waals surface area (Å²) >= 11 is 0. The molecular formula is C22H22O12. The lowest BCUT2D eigenvalue weighted by Gasteiger charge is -2.39. The molecule has 0 unspecified atom stereocenters. The number of hydrogen-bond acceptors (Lipinski definition) is 12. The number of aliphatic hydroxyl groups excluding tert-OH is 4. The standard InChI is InChI=1S/C22H22O12/c1-31-12-4-8(2-3-10(12)25)20-21(17(28)15-11(26)5-9(24)6-13(15)32-20)34-22-19(30)18(29)16(27)14(7-23)33-22/h2-6,14,16,18-19,22-27,29-30H,7H2,1H3/t14-,16-,18+,19-,22+/m1/s1. The van der Waals surface area contributed by atoms with Crippen molar-refractivity contribution in [2.75, 3.05) is 13.7 Å². The van der Waals surface area contributed by atoms with Gasteiger partial charge >= 0.3 is 0 Å². The van der Waals surface area contributed by atoms with Crippen molar-refractivity contribution in [3.05, 3.63) is 40.6 Å². The molecule has 4 rings (SSSR count). The van der Waals surface area contributed by atoms with Gasteiger partial charge in [-0.3, -0.25) is 4.79 Å². The number of rotatable bonds is 5. The fourth-order valence-electron chi connectivity index (χ4n) is 3.67. The predicted molar refractivity (Wildman–Crippen MR) is 114 cm³/mol. The Bertz CT molecular complexity index is 1270. The highest BCUT2D eigenvalue weighted by Gasteiger charge is 2.45. The molecule has 0 amide bonds. The van der Waals surface area contributed by atoms with Gasteiger partial charge in [0.15, 0.2) is 17.3 Å². The first-order valence-corrected chi connectivity index (χ1v) is 10.0. The van der Waals surface area contributed by atoms with Crippen molar-refractivity contribution in [2.45, 2.75) is 30.7 Å². The molecule has 0 radical (unpaired) electrons. The van der Waals surface area contributed by atoms with E-state index >= 15 is 0 Å². The van der Waals surface area contributed by atoms with Crippen LogP contribution in [0.3, 0.4) is 0 Å². The zero-order valence-electron chi connectivity index (χ0n) is 17.7. The molecule has 7 N–H and O–H groups in total. The van der Waals surface area contributed by atoms with Gasteiger partial charge < -0.3 is 54.4 Å². The molecule has 1 aliphatic rings. The first-order valence-electron chi connectivity index (χ1n) is 10.0. The van der Waals surface area contributed by atoms with Crippen LogP contribution in [0.1, 0.15) is 0 Å². The molecule has 34 heavy (non-hydrogen) atoms. The smallest absolute Gasteiger partial charge is 0.239 e. The molecular weight excluding hydrogens is 456 g/mol. The van der Waals surface area contributed by atoms with Crippen LogP contribution in [0.25, 0.3) is 22.3 Å². The number of fused-ring (bicyclic) bond motifs is 1. The van der Waals surface area contributed by atoms with Crippen molar-refractivity contribution < 1.29 is 54.4 Å². The summed E-state index contributed by atoms with van der Waals surface area (Å²) in [7, 11) is 1.30. The van der Waals surface area contributed by atoms with Gasteiger partial charge in [0.1, 0.15) is 46.9 Å². The van der Waals surface area contributed by atoms with E-state index in [1.165, 1.54) is 25.3 Å². The Morgan fingerprint density at radius 3 is 2.38 bits per heavy atom. The van der Waals surface area contributed by atoms with E-state index in [0.29, 0.717) is 0 Å². The molecule has 182 valence electrons. The third kappa shape index (κ3) is 3.97. The number of hydrogen-bond donors (Lipinski definition) is 7. The summed E-state index contributed by atoms with van der Waals surface area (Å²) in [6.45, 7) is -0.723. The predicted octanol–water partition coefficient (Wildman–Crippen LogP) is -0.236. The summed E-state index contributed by atoms with van der Waals surface area (Å²) in [5.74, 6) is -2.00. The normalized spacial score (nSPS) is 24.8. The van der Waals surface area contributed by atoms with Gasteiger partial charge in [-0.25, -0.2) is 0 Å². The number of phenols is 3. The molecule has 2 aromatic carbocycles. The van der Waals surface area contributed by atoms with Crippen LogP contribution in [0.2, 0.25) is 0 Å². The van der Waals surface area contributed by atoms with Crippen LogP contribution >= 0.6 is 0 Å². The Morgan fingerprint density at radius 1 is 0.971 bits per heavy atom. The Hall–Kier alpha value is -3.55. The molecule has 12 nitrogen and oxygen atoms in total. The van der Waals surface area contributed by atoms with Crippen molar-refractivity contribution in [2.24, 2.45) is 0 Å². The molecule has 1 fully saturated rings. The summed E-state index contributed by atoms with van der Waals surface area (Å²) in [5, 5.41) is 69.4. The van der Waals surface area contributed by atoms with E-state index in [2.05, 4.69) is 0 Å². The maximum absolute atomic E-state index is 13.3. The van der Waals surface area contributed by atoms with Gasteiger partial charge in [-0.05, 0) is 18.2 Å². The highest BCUT2D eigenvalue weighted by atomic mass is 16.7. The summed E-state index contributed by atoms with van der Waals surface area (Å²) < 4.78 is 21.8. The van der Waals surface area contributed by atoms with Gasteiger partial charge in [0.25, 0.3) is 0 Å². The maximum atomic E-state index is 13.3. The molecule has 5 atom stereocenters. The highest BCUT2D eigenvalue weighted by molar-refractivity contribution is 5.88. The van der Waals surface area contributed by atoms with Crippen molar-refractivity contribution >= 4 is 11.0 Å². The molecule has 0 aliphatic carbocycles. The van der Waals surface area contributed by atoms with Gasteiger partial charge in [-0.15, -0.1) is 0 Å². The zero-order chi connectivity index (χ0) is 24.7. The second-order valence-corrected chi connectivity index (χ2v) is 7.63. The fraction of sp³-hybridized carbons (Fsp3) is 0.318. The summed E-state index contributed by atoms with van der Waals surface area (Å²) in [6.07, 6.45) is -8.29. The van der Waals surface area contributed by atoms with Crippen molar-refractivity contribution in [1.82, 2.24) is 0 Å². The van der Waals surface area contributed by atoms with Crippen LogP contribution in [-0.4, -0.2) is 80.2 Å². The van der Waals surface area contributed by atoms with Crippen LogP contribution in [0.15, 0.2) is 39.5 Å².